The van der Waals surface area contributed by atoms with Crippen LogP contribution in [-0.4, -0.2) is 45.3 Å². The molecule has 0 bridgehead atoms. The highest BCUT2D eigenvalue weighted by Crippen LogP contribution is 1.85. The number of carbonyl (C=O) groups is 2. The molecule has 0 aliphatic heterocycles. The summed E-state index contributed by atoms with van der Waals surface area (Å²) in [6.07, 6.45) is 0. The molecule has 0 aromatic heterocycles. The summed E-state index contributed by atoms with van der Waals surface area (Å²) in [5, 5.41) is 2.35. The van der Waals surface area contributed by atoms with Gasteiger partial charge < -0.3 is 20.5 Å². The molecule has 1 amide bonds. The molecule has 0 saturated carbocycles. The van der Waals surface area contributed by atoms with Gasteiger partial charge in [-0.2, -0.15) is 0 Å². The van der Waals surface area contributed by atoms with Crippen LogP contribution < -0.4 is 11.1 Å². The lowest BCUT2D eigenvalue weighted by atomic mass is 10.3. The Hall–Kier alpha value is -1.14. The molecule has 6 nitrogen and oxygen atoms in total. The van der Waals surface area contributed by atoms with Gasteiger partial charge in [-0.3, -0.25) is 4.79 Å². The van der Waals surface area contributed by atoms with E-state index in [1.165, 1.54) is 14.2 Å². The first kappa shape index (κ1) is 11.9. The molecular formula is C7H14N2O4. The Morgan fingerprint density at radius 3 is 2.46 bits per heavy atom. The van der Waals surface area contributed by atoms with Gasteiger partial charge in [0, 0.05) is 13.7 Å². The topological polar surface area (TPSA) is 90.6 Å². The molecule has 3 N–H and O–H groups in total. The van der Waals surface area contributed by atoms with Gasteiger partial charge in [-0.15, -0.1) is 0 Å². The maximum Gasteiger partial charge on any atom is 0.329 e. The summed E-state index contributed by atoms with van der Waals surface area (Å²) in [7, 11) is 2.61. The highest BCUT2D eigenvalue weighted by atomic mass is 16.5. The normalized spacial score (nSPS) is 11.9. The van der Waals surface area contributed by atoms with Crippen molar-refractivity contribution in [3.63, 3.8) is 0 Å². The van der Waals surface area contributed by atoms with Gasteiger partial charge in [0.05, 0.1) is 7.11 Å². The van der Waals surface area contributed by atoms with Crippen LogP contribution in [0.1, 0.15) is 0 Å². The van der Waals surface area contributed by atoms with Crippen molar-refractivity contribution < 1.29 is 19.1 Å². The van der Waals surface area contributed by atoms with Gasteiger partial charge in [0.1, 0.15) is 12.6 Å². The SMILES string of the molecule is COCC(=O)NC(CN)C(=O)OC. The Morgan fingerprint density at radius 1 is 1.46 bits per heavy atom. The van der Waals surface area contributed by atoms with E-state index in [1.807, 2.05) is 0 Å². The van der Waals surface area contributed by atoms with Crippen LogP contribution in [0.15, 0.2) is 0 Å². The fraction of sp³-hybridized carbons (Fsp3) is 0.714. The molecule has 13 heavy (non-hydrogen) atoms. The second-order valence-corrected chi connectivity index (χ2v) is 2.31. The third-order valence-corrected chi connectivity index (χ3v) is 1.33. The van der Waals surface area contributed by atoms with E-state index in [-0.39, 0.29) is 13.2 Å². The van der Waals surface area contributed by atoms with E-state index >= 15 is 0 Å². The van der Waals surface area contributed by atoms with Gasteiger partial charge in [-0.25, -0.2) is 4.79 Å². The summed E-state index contributed by atoms with van der Waals surface area (Å²) in [4.78, 5) is 21.9. The predicted octanol–water partition coefficient (Wildman–Crippen LogP) is -1.75. The van der Waals surface area contributed by atoms with Crippen LogP contribution >= 0.6 is 0 Å². The van der Waals surface area contributed by atoms with Crippen molar-refractivity contribution in [3.05, 3.63) is 0 Å². The van der Waals surface area contributed by atoms with E-state index in [4.69, 9.17) is 5.73 Å². The summed E-state index contributed by atoms with van der Waals surface area (Å²) >= 11 is 0. The molecular weight excluding hydrogens is 176 g/mol. The van der Waals surface area contributed by atoms with Crippen LogP contribution in [0.5, 0.6) is 0 Å². The number of ether oxygens (including phenoxy) is 2. The standard InChI is InChI=1S/C7H14N2O4/c1-12-4-6(10)9-5(3-8)7(11)13-2/h5H,3-4,8H2,1-2H3,(H,9,10). The van der Waals surface area contributed by atoms with Crippen LogP contribution in [0.4, 0.5) is 0 Å². The average Bonchev–Trinajstić information content (AvgIpc) is 2.13. The van der Waals surface area contributed by atoms with Crippen LogP contribution in [0.25, 0.3) is 0 Å². The van der Waals surface area contributed by atoms with Gasteiger partial charge in [-0.1, -0.05) is 0 Å². The van der Waals surface area contributed by atoms with Crippen LogP contribution in [0.2, 0.25) is 0 Å². The third-order valence-electron chi connectivity index (χ3n) is 1.33. The molecule has 1 unspecified atom stereocenters. The van der Waals surface area contributed by atoms with Gasteiger partial charge in [0.15, 0.2) is 0 Å². The van der Waals surface area contributed by atoms with E-state index in [0.717, 1.165) is 0 Å². The zero-order valence-corrected chi connectivity index (χ0v) is 7.70. The van der Waals surface area contributed by atoms with E-state index in [2.05, 4.69) is 14.8 Å². The van der Waals surface area contributed by atoms with E-state index in [0.29, 0.717) is 0 Å². The van der Waals surface area contributed by atoms with Gasteiger partial charge >= 0.3 is 5.97 Å². The summed E-state index contributed by atoms with van der Waals surface area (Å²) in [6.45, 7) is -0.102. The number of nitrogens with one attached hydrogen (secondary N) is 1. The van der Waals surface area contributed by atoms with Crippen LogP contribution in [0, 0.1) is 0 Å². The van der Waals surface area contributed by atoms with E-state index < -0.39 is 17.9 Å². The van der Waals surface area contributed by atoms with Crippen molar-refractivity contribution >= 4 is 11.9 Å². The lowest BCUT2D eigenvalue weighted by molar-refractivity contribution is -0.145. The molecule has 0 aromatic rings. The Morgan fingerprint density at radius 2 is 2.08 bits per heavy atom. The first-order valence-electron chi connectivity index (χ1n) is 3.71. The molecule has 0 aromatic carbocycles. The molecule has 0 saturated heterocycles. The number of nitrogens with two attached hydrogens (primary N) is 1. The van der Waals surface area contributed by atoms with Crippen molar-refractivity contribution in [3.8, 4) is 0 Å². The van der Waals surface area contributed by atoms with E-state index in [9.17, 15) is 9.59 Å². The summed E-state index contributed by atoms with van der Waals surface area (Å²) in [5.74, 6) is -0.963. The fourth-order valence-corrected chi connectivity index (χ4v) is 0.723. The number of rotatable bonds is 5. The summed E-state index contributed by atoms with van der Waals surface area (Å²) in [5.41, 5.74) is 5.24. The lowest BCUT2D eigenvalue weighted by Crippen LogP contribution is -2.47. The van der Waals surface area contributed by atoms with Crippen molar-refractivity contribution in [2.75, 3.05) is 27.4 Å². The summed E-state index contributed by atoms with van der Waals surface area (Å²) in [6, 6.07) is -0.798. The maximum absolute atomic E-state index is 10.9. The van der Waals surface area contributed by atoms with Crippen molar-refractivity contribution in [2.45, 2.75) is 6.04 Å². The van der Waals surface area contributed by atoms with Crippen molar-refractivity contribution in [1.29, 1.82) is 0 Å². The predicted molar refractivity (Wildman–Crippen MR) is 44.9 cm³/mol. The molecule has 0 rings (SSSR count). The van der Waals surface area contributed by atoms with Crippen LogP contribution in [0.3, 0.4) is 0 Å². The first-order chi connectivity index (χ1) is 6.15. The molecule has 6 heteroatoms. The largest absolute Gasteiger partial charge is 0.467 e. The minimum absolute atomic E-state index is 0.00211. The number of esters is 1. The van der Waals surface area contributed by atoms with Gasteiger partial charge in [0.2, 0.25) is 5.91 Å². The second-order valence-electron chi connectivity index (χ2n) is 2.31. The molecule has 76 valence electrons. The fourth-order valence-electron chi connectivity index (χ4n) is 0.723. The highest BCUT2D eigenvalue weighted by molar-refractivity contribution is 5.85. The third kappa shape index (κ3) is 4.44. The molecule has 0 radical (unpaired) electrons. The number of methoxy groups -OCH3 is 2. The number of amides is 1. The zero-order valence-electron chi connectivity index (χ0n) is 7.70. The maximum atomic E-state index is 10.9. The Kier molecular flexibility index (Phi) is 5.82. The molecule has 0 aliphatic carbocycles. The first-order valence-corrected chi connectivity index (χ1v) is 3.71. The number of carbonyl (C=O) groups excluding carboxylic acids is 2. The van der Waals surface area contributed by atoms with Crippen LogP contribution in [-0.2, 0) is 19.1 Å². The second kappa shape index (κ2) is 6.38. The molecule has 0 spiro atoms. The molecule has 0 heterocycles. The quantitative estimate of drug-likeness (QED) is 0.502. The lowest BCUT2D eigenvalue weighted by Gasteiger charge is -2.13. The Balaban J connectivity index is 3.97. The van der Waals surface area contributed by atoms with Crippen molar-refractivity contribution in [2.24, 2.45) is 5.73 Å². The monoisotopic (exact) mass is 190 g/mol. The zero-order chi connectivity index (χ0) is 10.3. The summed E-state index contributed by atoms with van der Waals surface area (Å²) < 4.78 is 8.97. The minimum atomic E-state index is -0.798. The van der Waals surface area contributed by atoms with E-state index in [1.54, 1.807) is 0 Å². The Bertz CT molecular complexity index is 183. The van der Waals surface area contributed by atoms with Gasteiger partial charge in [-0.05, 0) is 0 Å². The Labute approximate surface area is 76.4 Å². The smallest absolute Gasteiger partial charge is 0.329 e. The minimum Gasteiger partial charge on any atom is -0.467 e. The van der Waals surface area contributed by atoms with Crippen molar-refractivity contribution in [1.82, 2.24) is 5.32 Å². The molecule has 1 atom stereocenters. The number of hydrogen-bond acceptors (Lipinski definition) is 5. The molecule has 0 aliphatic rings. The highest BCUT2D eigenvalue weighted by Gasteiger charge is 2.18. The average molecular weight is 190 g/mol. The molecule has 0 fully saturated rings. The number of hydrogen-bond donors (Lipinski definition) is 2. The van der Waals surface area contributed by atoms with Gasteiger partial charge in [0.25, 0.3) is 0 Å².